The lowest BCUT2D eigenvalue weighted by Crippen LogP contribution is -2.44. The molecule has 12 heavy (non-hydrogen) atoms. The van der Waals surface area contributed by atoms with Crippen molar-refractivity contribution in [2.45, 2.75) is 38.0 Å². The summed E-state index contributed by atoms with van der Waals surface area (Å²) in [6, 6.07) is 0. The Bertz CT molecular complexity index is 137. The van der Waals surface area contributed by atoms with Crippen LogP contribution < -0.4 is 0 Å². The van der Waals surface area contributed by atoms with Crippen LogP contribution in [-0.4, -0.2) is 18.3 Å². The Labute approximate surface area is 65.6 Å². The molecule has 0 aromatic rings. The molecule has 0 unspecified atom stereocenters. The van der Waals surface area contributed by atoms with Crippen molar-refractivity contribution in [2.75, 3.05) is 0 Å². The number of alkyl halides is 6. The van der Waals surface area contributed by atoms with E-state index in [9.17, 15) is 26.3 Å². The smallest absolute Gasteiger partial charge is 0.240 e. The third-order valence-corrected chi connectivity index (χ3v) is 1.31. The van der Waals surface area contributed by atoms with Gasteiger partial charge in [0, 0.05) is 0 Å². The van der Waals surface area contributed by atoms with Gasteiger partial charge >= 0.3 is 12.1 Å². The molecule has 0 N–H and O–H groups in total. The summed E-state index contributed by atoms with van der Waals surface area (Å²) in [5.41, 5.74) is 0. The van der Waals surface area contributed by atoms with Gasteiger partial charge in [-0.05, 0) is 6.42 Å². The molecule has 0 aromatic heterocycles. The van der Waals surface area contributed by atoms with Crippen LogP contribution in [0.2, 0.25) is 0 Å². The van der Waals surface area contributed by atoms with Crippen molar-refractivity contribution in [3.05, 3.63) is 0 Å². The third kappa shape index (κ3) is 2.28. The van der Waals surface area contributed by atoms with E-state index in [1.807, 2.05) is 0 Å². The highest BCUT2D eigenvalue weighted by Gasteiger charge is 2.62. The molecule has 1 atom stereocenters. The molecule has 0 fully saturated rings. The van der Waals surface area contributed by atoms with Gasteiger partial charge in [-0.3, -0.25) is 0 Å². The summed E-state index contributed by atoms with van der Waals surface area (Å²) in [7, 11) is 0. The van der Waals surface area contributed by atoms with E-state index in [1.165, 1.54) is 6.92 Å². The fraction of sp³-hybridized carbons (Fsp3) is 1.00. The molecule has 0 aliphatic rings. The molecular weight excluding hydrogens is 186 g/mol. The molecule has 0 bridgehead atoms. The van der Waals surface area contributed by atoms with Crippen molar-refractivity contribution in [2.24, 2.45) is 0 Å². The van der Waals surface area contributed by atoms with Crippen LogP contribution in [0.5, 0.6) is 0 Å². The van der Waals surface area contributed by atoms with Crippen molar-refractivity contribution in [3.8, 4) is 0 Å². The van der Waals surface area contributed by atoms with Crippen molar-refractivity contribution in [3.63, 3.8) is 0 Å². The van der Waals surface area contributed by atoms with Gasteiger partial charge < -0.3 is 0 Å². The largest absolute Gasteiger partial charge is 0.456 e. The Morgan fingerprint density at radius 2 is 1.50 bits per heavy atom. The summed E-state index contributed by atoms with van der Waals surface area (Å²) < 4.78 is 70.5. The number of halogens is 6. The molecule has 0 spiro atoms. The van der Waals surface area contributed by atoms with Crippen LogP contribution in [0.4, 0.5) is 26.3 Å². The normalized spacial score (nSPS) is 16.2. The Hall–Kier alpha value is -0.420. The maximum atomic E-state index is 12.2. The molecule has 0 nitrogen and oxygen atoms in total. The van der Waals surface area contributed by atoms with E-state index in [1.54, 1.807) is 0 Å². The second kappa shape index (κ2) is 3.53. The molecule has 0 heterocycles. The van der Waals surface area contributed by atoms with Crippen LogP contribution in [0.1, 0.15) is 19.8 Å². The molecule has 0 amide bonds. The first-order valence-electron chi connectivity index (χ1n) is 3.32. The summed E-state index contributed by atoms with van der Waals surface area (Å²) in [4.78, 5) is 0. The lowest BCUT2D eigenvalue weighted by atomic mass is 10.1. The van der Waals surface area contributed by atoms with E-state index < -0.39 is 24.7 Å². The average Bonchev–Trinajstić information content (AvgIpc) is 1.85. The second-order valence-electron chi connectivity index (χ2n) is 2.38. The first-order chi connectivity index (χ1) is 5.23. The minimum Gasteiger partial charge on any atom is -0.240 e. The van der Waals surface area contributed by atoms with Gasteiger partial charge in [0.15, 0.2) is 6.17 Å². The zero-order valence-electron chi connectivity index (χ0n) is 6.26. The van der Waals surface area contributed by atoms with Crippen LogP contribution in [0, 0.1) is 0 Å². The molecule has 74 valence electrons. The zero-order valence-corrected chi connectivity index (χ0v) is 6.26. The van der Waals surface area contributed by atoms with E-state index in [2.05, 4.69) is 0 Å². The predicted molar refractivity (Wildman–Crippen MR) is 30.8 cm³/mol. The monoisotopic (exact) mass is 194 g/mol. The summed E-state index contributed by atoms with van der Waals surface area (Å²) in [6.07, 6.45) is -9.76. The molecule has 0 aromatic carbocycles. The molecule has 0 aliphatic heterocycles. The molecule has 0 saturated heterocycles. The van der Waals surface area contributed by atoms with Gasteiger partial charge in [0.05, 0.1) is 0 Å². The minimum atomic E-state index is -5.79. The average molecular weight is 194 g/mol. The van der Waals surface area contributed by atoms with E-state index in [0.29, 0.717) is 0 Å². The SMILES string of the molecule is CCC[C@H](F)C(F)(F)C(F)(F)F. The quantitative estimate of drug-likeness (QED) is 0.604. The third-order valence-electron chi connectivity index (χ3n) is 1.31. The van der Waals surface area contributed by atoms with E-state index in [0.717, 1.165) is 0 Å². The number of hydrogen-bond acceptors (Lipinski definition) is 0. The lowest BCUT2D eigenvalue weighted by Gasteiger charge is -2.22. The van der Waals surface area contributed by atoms with Crippen molar-refractivity contribution in [1.29, 1.82) is 0 Å². The zero-order chi connectivity index (χ0) is 9.99. The summed E-state index contributed by atoms with van der Waals surface area (Å²) in [5, 5.41) is 0. The van der Waals surface area contributed by atoms with Crippen molar-refractivity contribution >= 4 is 0 Å². The van der Waals surface area contributed by atoms with E-state index in [-0.39, 0.29) is 6.42 Å². The summed E-state index contributed by atoms with van der Waals surface area (Å²) >= 11 is 0. The first kappa shape index (κ1) is 11.6. The fourth-order valence-electron chi connectivity index (χ4n) is 0.612. The molecular formula is C6H8F6. The predicted octanol–water partition coefficient (Wildman–Crippen LogP) is 3.32. The highest BCUT2D eigenvalue weighted by atomic mass is 19.4. The number of rotatable bonds is 3. The maximum absolute atomic E-state index is 12.2. The molecule has 6 heteroatoms. The van der Waals surface area contributed by atoms with Gasteiger partial charge in [-0.2, -0.15) is 22.0 Å². The highest BCUT2D eigenvalue weighted by molar-refractivity contribution is 4.83. The maximum Gasteiger partial charge on any atom is 0.456 e. The van der Waals surface area contributed by atoms with Crippen LogP contribution in [-0.2, 0) is 0 Å². The van der Waals surface area contributed by atoms with Gasteiger partial charge in [0.1, 0.15) is 0 Å². The topological polar surface area (TPSA) is 0 Å². The van der Waals surface area contributed by atoms with Crippen LogP contribution >= 0.6 is 0 Å². The van der Waals surface area contributed by atoms with Crippen LogP contribution in [0.25, 0.3) is 0 Å². The van der Waals surface area contributed by atoms with Gasteiger partial charge in [0.2, 0.25) is 0 Å². The Balaban J connectivity index is 4.38. The molecule has 0 aliphatic carbocycles. The minimum absolute atomic E-state index is 0.0488. The van der Waals surface area contributed by atoms with Crippen molar-refractivity contribution in [1.82, 2.24) is 0 Å². The van der Waals surface area contributed by atoms with Gasteiger partial charge in [0.25, 0.3) is 0 Å². The Kier molecular flexibility index (Phi) is 3.41. The van der Waals surface area contributed by atoms with Gasteiger partial charge in [-0.15, -0.1) is 0 Å². The molecule has 0 saturated carbocycles. The van der Waals surface area contributed by atoms with E-state index in [4.69, 9.17) is 0 Å². The van der Waals surface area contributed by atoms with Gasteiger partial charge in [-0.1, -0.05) is 13.3 Å². The standard InChI is InChI=1S/C6H8F6/c1-2-3-4(7)5(8,9)6(10,11)12/h4H,2-3H2,1H3/t4-/m0/s1. The van der Waals surface area contributed by atoms with Crippen LogP contribution in [0.15, 0.2) is 0 Å². The lowest BCUT2D eigenvalue weighted by molar-refractivity contribution is -0.303. The Morgan fingerprint density at radius 1 is 1.08 bits per heavy atom. The first-order valence-corrected chi connectivity index (χ1v) is 3.32. The van der Waals surface area contributed by atoms with Gasteiger partial charge in [-0.25, -0.2) is 4.39 Å². The number of hydrogen-bond donors (Lipinski definition) is 0. The summed E-state index contributed by atoms with van der Waals surface area (Å²) in [5.74, 6) is -5.22. The van der Waals surface area contributed by atoms with Crippen LogP contribution in [0.3, 0.4) is 0 Å². The van der Waals surface area contributed by atoms with E-state index >= 15 is 0 Å². The Morgan fingerprint density at radius 3 is 1.75 bits per heavy atom. The van der Waals surface area contributed by atoms with Crippen molar-refractivity contribution < 1.29 is 26.3 Å². The fourth-order valence-corrected chi connectivity index (χ4v) is 0.612. The molecule has 0 rings (SSSR count). The molecule has 0 radical (unpaired) electrons. The highest BCUT2D eigenvalue weighted by Crippen LogP contribution is 2.40. The second-order valence-corrected chi connectivity index (χ2v) is 2.38. The summed E-state index contributed by atoms with van der Waals surface area (Å²) in [6.45, 7) is 1.33.